The van der Waals surface area contributed by atoms with Crippen LogP contribution in [0.1, 0.15) is 5.82 Å². The molecule has 0 aliphatic heterocycles. The molecule has 0 aliphatic carbocycles. The molecule has 5 heteroatoms. The first kappa shape index (κ1) is 9.15. The molecule has 72 valence electrons. The molecule has 0 atom stereocenters. The quantitative estimate of drug-likeness (QED) is 0.725. The third-order valence-corrected chi connectivity index (χ3v) is 2.10. The van der Waals surface area contributed by atoms with Gasteiger partial charge >= 0.3 is 0 Å². The highest BCUT2D eigenvalue weighted by molar-refractivity contribution is 6.28. The zero-order valence-electron chi connectivity index (χ0n) is 7.41. The summed E-state index contributed by atoms with van der Waals surface area (Å²) in [6.45, 7) is 1.75. The summed E-state index contributed by atoms with van der Waals surface area (Å²) in [4.78, 5) is 0. The maximum Gasteiger partial charge on any atom is 0.229 e. The van der Waals surface area contributed by atoms with E-state index in [1.807, 2.05) is 0 Å². The first-order chi connectivity index (χ1) is 6.68. The van der Waals surface area contributed by atoms with Crippen LogP contribution in [0.2, 0.25) is 5.28 Å². The summed E-state index contributed by atoms with van der Waals surface area (Å²) < 4.78 is 14.5. The molecule has 0 spiro atoms. The van der Waals surface area contributed by atoms with Gasteiger partial charge in [-0.1, -0.05) is 6.07 Å². The summed E-state index contributed by atoms with van der Waals surface area (Å²) in [5, 5.41) is 7.69. The lowest BCUT2D eigenvalue weighted by atomic mass is 10.3. The van der Waals surface area contributed by atoms with Gasteiger partial charge in [-0.3, -0.25) is 4.57 Å². The third kappa shape index (κ3) is 1.48. The molecule has 0 aliphatic rings. The van der Waals surface area contributed by atoms with Gasteiger partial charge in [-0.25, -0.2) is 4.39 Å². The molecule has 0 saturated heterocycles. The van der Waals surface area contributed by atoms with Gasteiger partial charge in [0.2, 0.25) is 5.28 Å². The van der Waals surface area contributed by atoms with Crippen molar-refractivity contribution in [2.45, 2.75) is 6.92 Å². The van der Waals surface area contributed by atoms with Crippen molar-refractivity contribution in [1.29, 1.82) is 0 Å². The van der Waals surface area contributed by atoms with Crippen LogP contribution in [0.15, 0.2) is 24.3 Å². The van der Waals surface area contributed by atoms with E-state index >= 15 is 0 Å². The van der Waals surface area contributed by atoms with Crippen molar-refractivity contribution < 1.29 is 4.39 Å². The Morgan fingerprint density at radius 2 is 2.14 bits per heavy atom. The van der Waals surface area contributed by atoms with Crippen molar-refractivity contribution in [2.24, 2.45) is 0 Å². The minimum absolute atomic E-state index is 0.230. The van der Waals surface area contributed by atoms with Crippen molar-refractivity contribution >= 4 is 11.6 Å². The van der Waals surface area contributed by atoms with Gasteiger partial charge < -0.3 is 0 Å². The van der Waals surface area contributed by atoms with E-state index < -0.39 is 0 Å². The Labute approximate surface area is 85.1 Å². The monoisotopic (exact) mass is 211 g/mol. The van der Waals surface area contributed by atoms with Crippen LogP contribution in [0, 0.1) is 12.7 Å². The maximum atomic E-state index is 12.9. The van der Waals surface area contributed by atoms with Gasteiger partial charge in [0, 0.05) is 0 Å². The lowest BCUT2D eigenvalue weighted by Crippen LogP contribution is -1.97. The molecule has 1 aromatic carbocycles. The molecule has 0 bridgehead atoms. The van der Waals surface area contributed by atoms with E-state index in [1.54, 1.807) is 23.6 Å². The third-order valence-electron chi connectivity index (χ3n) is 1.85. The average molecular weight is 212 g/mol. The number of aryl methyl sites for hydroxylation is 1. The highest BCUT2D eigenvalue weighted by Crippen LogP contribution is 2.16. The van der Waals surface area contributed by atoms with Crippen LogP contribution in [0.3, 0.4) is 0 Å². The number of nitrogens with zero attached hydrogens (tertiary/aromatic N) is 3. The van der Waals surface area contributed by atoms with Gasteiger partial charge in [-0.2, -0.15) is 0 Å². The zero-order chi connectivity index (χ0) is 10.1. The molecular formula is C9H7ClFN3. The summed E-state index contributed by atoms with van der Waals surface area (Å²) >= 11 is 5.80. The first-order valence-electron chi connectivity index (χ1n) is 4.02. The normalized spacial score (nSPS) is 10.5. The van der Waals surface area contributed by atoms with Crippen molar-refractivity contribution in [2.75, 3.05) is 0 Å². The molecule has 0 N–H and O–H groups in total. The van der Waals surface area contributed by atoms with Crippen LogP contribution in [0.4, 0.5) is 4.39 Å². The smallest absolute Gasteiger partial charge is 0.229 e. The molecule has 0 radical (unpaired) electrons. The average Bonchev–Trinajstić information content (AvgIpc) is 2.46. The fraction of sp³-hybridized carbons (Fsp3) is 0.111. The van der Waals surface area contributed by atoms with Crippen LogP contribution in [-0.4, -0.2) is 14.8 Å². The summed E-state index contributed by atoms with van der Waals surface area (Å²) in [6.07, 6.45) is 0. The largest absolute Gasteiger partial charge is 0.270 e. The van der Waals surface area contributed by atoms with Crippen molar-refractivity contribution in [3.63, 3.8) is 0 Å². The van der Waals surface area contributed by atoms with Gasteiger partial charge in [0.15, 0.2) is 0 Å². The highest BCUT2D eigenvalue weighted by Gasteiger charge is 2.08. The van der Waals surface area contributed by atoms with Crippen molar-refractivity contribution in [3.05, 3.63) is 41.2 Å². The van der Waals surface area contributed by atoms with E-state index in [9.17, 15) is 4.39 Å². The van der Waals surface area contributed by atoms with Crippen LogP contribution >= 0.6 is 11.6 Å². The standard InChI is InChI=1S/C9H7ClFN3/c1-6-12-13-9(10)14(6)8-4-2-3-7(11)5-8/h2-5H,1H3. The minimum atomic E-state index is -0.313. The first-order valence-corrected chi connectivity index (χ1v) is 4.40. The molecule has 1 heterocycles. The summed E-state index contributed by atoms with van der Waals surface area (Å²) in [5.41, 5.74) is 0.623. The Morgan fingerprint density at radius 1 is 1.36 bits per heavy atom. The summed E-state index contributed by atoms with van der Waals surface area (Å²) in [6, 6.07) is 6.10. The molecule has 3 nitrogen and oxygen atoms in total. The number of rotatable bonds is 1. The molecule has 0 unspecified atom stereocenters. The Morgan fingerprint density at radius 3 is 2.71 bits per heavy atom. The van der Waals surface area contributed by atoms with E-state index in [-0.39, 0.29) is 11.1 Å². The molecule has 14 heavy (non-hydrogen) atoms. The topological polar surface area (TPSA) is 30.7 Å². The fourth-order valence-corrected chi connectivity index (χ4v) is 1.50. The van der Waals surface area contributed by atoms with E-state index in [0.717, 1.165) is 0 Å². The van der Waals surface area contributed by atoms with Gasteiger partial charge in [0.05, 0.1) is 5.69 Å². The van der Waals surface area contributed by atoms with Crippen LogP contribution in [0.5, 0.6) is 0 Å². The second-order valence-corrected chi connectivity index (χ2v) is 3.17. The van der Waals surface area contributed by atoms with E-state index in [4.69, 9.17) is 11.6 Å². The number of hydrogen-bond donors (Lipinski definition) is 0. The molecule has 0 saturated carbocycles. The van der Waals surface area contributed by atoms with Gasteiger partial charge in [-0.15, -0.1) is 10.2 Å². The van der Waals surface area contributed by atoms with Crippen LogP contribution < -0.4 is 0 Å². The lowest BCUT2D eigenvalue weighted by molar-refractivity contribution is 0.626. The molecular weight excluding hydrogens is 205 g/mol. The van der Waals surface area contributed by atoms with Crippen LogP contribution in [0.25, 0.3) is 5.69 Å². The predicted octanol–water partition coefficient (Wildman–Crippen LogP) is 2.37. The maximum absolute atomic E-state index is 12.9. The molecule has 2 aromatic rings. The number of benzene rings is 1. The fourth-order valence-electron chi connectivity index (χ4n) is 1.25. The van der Waals surface area contributed by atoms with Crippen LogP contribution in [-0.2, 0) is 0 Å². The zero-order valence-corrected chi connectivity index (χ0v) is 8.16. The minimum Gasteiger partial charge on any atom is -0.270 e. The van der Waals surface area contributed by atoms with Gasteiger partial charge in [0.25, 0.3) is 0 Å². The summed E-state index contributed by atoms with van der Waals surface area (Å²) in [5.74, 6) is 0.312. The Kier molecular flexibility index (Phi) is 2.21. The predicted molar refractivity (Wildman–Crippen MR) is 51.1 cm³/mol. The van der Waals surface area contributed by atoms with Crippen molar-refractivity contribution in [1.82, 2.24) is 14.8 Å². The second kappa shape index (κ2) is 3.38. The number of aromatic nitrogens is 3. The van der Waals surface area contributed by atoms with Gasteiger partial charge in [0.1, 0.15) is 11.6 Å². The summed E-state index contributed by atoms with van der Waals surface area (Å²) in [7, 11) is 0. The molecule has 0 fully saturated rings. The second-order valence-electron chi connectivity index (χ2n) is 2.83. The Bertz CT molecular complexity index is 447. The SMILES string of the molecule is Cc1nnc(Cl)n1-c1cccc(F)c1. The van der Waals surface area contributed by atoms with Crippen molar-refractivity contribution in [3.8, 4) is 5.69 Å². The number of hydrogen-bond acceptors (Lipinski definition) is 2. The Hall–Kier alpha value is -1.42. The molecule has 0 amide bonds. The van der Waals surface area contributed by atoms with Gasteiger partial charge in [-0.05, 0) is 36.7 Å². The van der Waals surface area contributed by atoms with E-state index in [1.165, 1.54) is 12.1 Å². The molecule has 1 aromatic heterocycles. The lowest BCUT2D eigenvalue weighted by Gasteiger charge is -2.04. The highest BCUT2D eigenvalue weighted by atomic mass is 35.5. The number of halogens is 2. The Balaban J connectivity index is 2.59. The van der Waals surface area contributed by atoms with E-state index in [2.05, 4.69) is 10.2 Å². The van der Waals surface area contributed by atoms with E-state index in [0.29, 0.717) is 11.5 Å². The molecule has 2 rings (SSSR count).